The van der Waals surface area contributed by atoms with E-state index in [4.69, 9.17) is 4.52 Å². The third kappa shape index (κ3) is 2.42. The van der Waals surface area contributed by atoms with Crippen molar-refractivity contribution in [3.05, 3.63) is 47.4 Å². The van der Waals surface area contributed by atoms with Gasteiger partial charge in [-0.25, -0.2) is 0 Å². The smallest absolute Gasteiger partial charge is 0.262 e. The summed E-state index contributed by atoms with van der Waals surface area (Å²) in [6, 6.07) is 10.1. The van der Waals surface area contributed by atoms with Crippen LogP contribution in [0.2, 0.25) is 0 Å². The van der Waals surface area contributed by atoms with Crippen molar-refractivity contribution in [2.45, 2.75) is 13.3 Å². The quantitative estimate of drug-likeness (QED) is 0.798. The Labute approximate surface area is 120 Å². The lowest BCUT2D eigenvalue weighted by molar-refractivity contribution is 0.424. The van der Waals surface area contributed by atoms with Gasteiger partial charge in [-0.15, -0.1) is 0 Å². The first-order chi connectivity index (χ1) is 9.78. The summed E-state index contributed by atoms with van der Waals surface area (Å²) in [5, 5.41) is 8.09. The Morgan fingerprint density at radius 2 is 2.05 bits per heavy atom. The van der Waals surface area contributed by atoms with Crippen LogP contribution >= 0.6 is 11.5 Å². The molecule has 0 aliphatic carbocycles. The molecule has 2 aromatic heterocycles. The maximum absolute atomic E-state index is 5.37. The molecule has 102 valence electrons. The lowest BCUT2D eigenvalue weighted by Gasteiger charge is -1.97. The highest BCUT2D eigenvalue weighted by Crippen LogP contribution is 2.33. The van der Waals surface area contributed by atoms with E-state index in [0.29, 0.717) is 18.1 Å². The zero-order valence-electron chi connectivity index (χ0n) is 11.3. The van der Waals surface area contributed by atoms with Crippen LogP contribution in [0, 0.1) is 6.92 Å². The van der Waals surface area contributed by atoms with E-state index in [9.17, 15) is 0 Å². The van der Waals surface area contributed by atoms with Crippen LogP contribution in [0.5, 0.6) is 0 Å². The van der Waals surface area contributed by atoms with E-state index in [2.05, 4.69) is 19.8 Å². The number of aryl methyl sites for hydroxylation is 1. The van der Waals surface area contributed by atoms with Crippen LogP contribution in [0.15, 0.2) is 34.9 Å². The summed E-state index contributed by atoms with van der Waals surface area (Å²) < 4.78 is 9.68. The Bertz CT molecular complexity index is 705. The molecule has 0 atom stereocenters. The SMILES string of the molecule is CNc1snc(C)c1-c1nc(Cc2ccccc2)no1. The van der Waals surface area contributed by atoms with E-state index in [1.54, 1.807) is 0 Å². The van der Waals surface area contributed by atoms with E-state index < -0.39 is 0 Å². The molecule has 0 radical (unpaired) electrons. The molecule has 3 aromatic rings. The minimum Gasteiger partial charge on any atom is -0.378 e. The normalized spacial score (nSPS) is 10.7. The van der Waals surface area contributed by atoms with Crippen molar-refractivity contribution >= 4 is 16.5 Å². The molecule has 1 aromatic carbocycles. The molecule has 0 aliphatic rings. The number of nitrogens with one attached hydrogen (secondary N) is 1. The number of nitrogens with zero attached hydrogens (tertiary/aromatic N) is 3. The highest BCUT2D eigenvalue weighted by atomic mass is 32.1. The lowest BCUT2D eigenvalue weighted by atomic mass is 10.1. The molecule has 0 fully saturated rings. The molecule has 0 spiro atoms. The van der Waals surface area contributed by atoms with Crippen LogP contribution < -0.4 is 5.32 Å². The maximum atomic E-state index is 5.37. The molecule has 20 heavy (non-hydrogen) atoms. The summed E-state index contributed by atoms with van der Waals surface area (Å²) in [6.45, 7) is 1.94. The first kappa shape index (κ1) is 12.8. The highest BCUT2D eigenvalue weighted by molar-refractivity contribution is 7.10. The van der Waals surface area contributed by atoms with Gasteiger partial charge >= 0.3 is 0 Å². The summed E-state index contributed by atoms with van der Waals surface area (Å²) in [6.07, 6.45) is 0.663. The van der Waals surface area contributed by atoms with Crippen molar-refractivity contribution < 1.29 is 4.52 Å². The zero-order valence-corrected chi connectivity index (χ0v) is 12.1. The van der Waals surface area contributed by atoms with Gasteiger partial charge in [0.05, 0.1) is 11.3 Å². The Morgan fingerprint density at radius 3 is 2.80 bits per heavy atom. The van der Waals surface area contributed by atoms with Crippen molar-refractivity contribution in [3.63, 3.8) is 0 Å². The van der Waals surface area contributed by atoms with Crippen LogP contribution in [0.4, 0.5) is 5.00 Å². The standard InChI is InChI=1S/C14H14N4OS/c1-9-12(14(15-2)20-18-9)13-16-11(17-19-13)8-10-6-4-3-5-7-10/h3-7,15H,8H2,1-2H3. The summed E-state index contributed by atoms with van der Waals surface area (Å²) in [7, 11) is 1.86. The predicted molar refractivity (Wildman–Crippen MR) is 78.9 cm³/mol. The molecule has 0 saturated carbocycles. The van der Waals surface area contributed by atoms with E-state index in [-0.39, 0.29) is 0 Å². The first-order valence-corrected chi connectivity index (χ1v) is 7.06. The van der Waals surface area contributed by atoms with Crippen molar-refractivity contribution in [3.8, 4) is 11.5 Å². The van der Waals surface area contributed by atoms with E-state index in [1.807, 2.05) is 44.3 Å². The Kier molecular flexibility index (Phi) is 3.47. The van der Waals surface area contributed by atoms with Crippen molar-refractivity contribution in [1.82, 2.24) is 14.5 Å². The van der Waals surface area contributed by atoms with Crippen molar-refractivity contribution in [2.75, 3.05) is 12.4 Å². The van der Waals surface area contributed by atoms with Gasteiger partial charge < -0.3 is 9.84 Å². The highest BCUT2D eigenvalue weighted by Gasteiger charge is 2.18. The average molecular weight is 286 g/mol. The first-order valence-electron chi connectivity index (χ1n) is 6.29. The molecular formula is C14H14N4OS. The summed E-state index contributed by atoms with van der Waals surface area (Å²) in [5.41, 5.74) is 2.95. The fourth-order valence-corrected chi connectivity index (χ4v) is 2.74. The number of benzene rings is 1. The Balaban J connectivity index is 1.89. The second-order valence-corrected chi connectivity index (χ2v) is 5.17. The third-order valence-corrected chi connectivity index (χ3v) is 3.93. The van der Waals surface area contributed by atoms with E-state index in [1.165, 1.54) is 11.5 Å². The van der Waals surface area contributed by atoms with Gasteiger partial charge in [-0.1, -0.05) is 35.5 Å². The largest absolute Gasteiger partial charge is 0.378 e. The summed E-state index contributed by atoms with van der Waals surface area (Å²) in [4.78, 5) is 4.47. The minimum absolute atomic E-state index is 0.520. The number of hydrogen-bond donors (Lipinski definition) is 1. The van der Waals surface area contributed by atoms with Crippen LogP contribution in [-0.2, 0) is 6.42 Å². The molecule has 6 heteroatoms. The van der Waals surface area contributed by atoms with E-state index >= 15 is 0 Å². The van der Waals surface area contributed by atoms with Crippen molar-refractivity contribution in [1.29, 1.82) is 0 Å². The summed E-state index contributed by atoms with van der Waals surface area (Å²) in [5.74, 6) is 1.20. The van der Waals surface area contributed by atoms with Gasteiger partial charge in [-0.2, -0.15) is 9.36 Å². The number of anilines is 1. The van der Waals surface area contributed by atoms with Crippen molar-refractivity contribution in [2.24, 2.45) is 0 Å². The second kappa shape index (κ2) is 5.42. The molecule has 5 nitrogen and oxygen atoms in total. The van der Waals surface area contributed by atoms with Gasteiger partial charge in [-0.05, 0) is 24.0 Å². The Morgan fingerprint density at radius 1 is 1.25 bits per heavy atom. The Hall–Kier alpha value is -2.21. The lowest BCUT2D eigenvalue weighted by Crippen LogP contribution is -1.91. The van der Waals surface area contributed by atoms with Gasteiger partial charge in [0, 0.05) is 13.5 Å². The fourth-order valence-electron chi connectivity index (χ4n) is 2.00. The number of rotatable bonds is 4. The van der Waals surface area contributed by atoms with Gasteiger partial charge in [0.25, 0.3) is 5.89 Å². The molecule has 0 saturated heterocycles. The van der Waals surface area contributed by atoms with Gasteiger partial charge in [0.2, 0.25) is 0 Å². The molecule has 0 unspecified atom stereocenters. The van der Waals surface area contributed by atoms with Crippen LogP contribution in [0.1, 0.15) is 17.1 Å². The van der Waals surface area contributed by atoms with E-state index in [0.717, 1.165) is 21.8 Å². The predicted octanol–water partition coefficient (Wildman–Crippen LogP) is 3.13. The minimum atomic E-state index is 0.520. The van der Waals surface area contributed by atoms with Crippen LogP contribution in [-0.4, -0.2) is 21.6 Å². The maximum Gasteiger partial charge on any atom is 0.262 e. The number of aromatic nitrogens is 3. The van der Waals surface area contributed by atoms with Crippen LogP contribution in [0.25, 0.3) is 11.5 Å². The third-order valence-electron chi connectivity index (χ3n) is 2.98. The molecule has 0 aliphatic heterocycles. The molecule has 0 amide bonds. The molecule has 1 N–H and O–H groups in total. The summed E-state index contributed by atoms with van der Waals surface area (Å²) >= 11 is 1.40. The fraction of sp³-hybridized carbons (Fsp3) is 0.214. The monoisotopic (exact) mass is 286 g/mol. The van der Waals surface area contributed by atoms with Gasteiger partial charge in [0.1, 0.15) is 5.00 Å². The van der Waals surface area contributed by atoms with Gasteiger partial charge in [-0.3, -0.25) is 0 Å². The topological polar surface area (TPSA) is 63.8 Å². The average Bonchev–Trinajstić information content (AvgIpc) is 3.06. The molecule has 3 rings (SSSR count). The van der Waals surface area contributed by atoms with Gasteiger partial charge in [0.15, 0.2) is 5.82 Å². The second-order valence-electron chi connectivity index (χ2n) is 4.40. The zero-order chi connectivity index (χ0) is 13.9. The molecule has 2 heterocycles. The molecule has 0 bridgehead atoms. The number of hydrogen-bond acceptors (Lipinski definition) is 6. The molecular weight excluding hydrogens is 272 g/mol. The van der Waals surface area contributed by atoms with Crippen LogP contribution in [0.3, 0.4) is 0 Å².